The van der Waals surface area contributed by atoms with E-state index in [1.165, 1.54) is 0 Å². The molecular weight excluding hydrogens is 242 g/mol. The van der Waals surface area contributed by atoms with Gasteiger partial charge in [0.15, 0.2) is 0 Å². The minimum atomic E-state index is 0.163. The summed E-state index contributed by atoms with van der Waals surface area (Å²) in [5.41, 5.74) is 0.637. The molecule has 0 bridgehead atoms. The molecule has 0 aliphatic carbocycles. The largest absolute Gasteiger partial charge is 0.274 e. The van der Waals surface area contributed by atoms with Gasteiger partial charge < -0.3 is 0 Å². The Morgan fingerprint density at radius 3 is 2.00 bits per heavy atom. The van der Waals surface area contributed by atoms with Crippen LogP contribution >= 0.6 is 46.7 Å². The fourth-order valence-corrected chi connectivity index (χ4v) is 1.80. The fraction of sp³-hybridized carbons (Fsp3) is 0.143. The number of benzene rings is 1. The van der Waals surface area contributed by atoms with Crippen LogP contribution in [0.15, 0.2) is 12.1 Å². The number of halogens is 4. The summed E-state index contributed by atoms with van der Waals surface area (Å²) < 4.78 is 4.39. The number of hydrogen-bond donors (Lipinski definition) is 0. The molecule has 1 aromatic carbocycles. The van der Waals surface area contributed by atoms with Crippen LogP contribution < -0.4 is 0 Å². The maximum atomic E-state index is 5.81. The molecule has 0 saturated carbocycles. The third-order valence-electron chi connectivity index (χ3n) is 1.30. The molecule has 0 N–H and O–H groups in total. The molecule has 12 heavy (non-hydrogen) atoms. The zero-order valence-corrected chi connectivity index (χ0v) is 8.81. The smallest absolute Gasteiger partial charge is 0.0962 e. The molecule has 1 nitrogen and oxygen atoms in total. The molecule has 0 radical (unpaired) electrons. The van der Waals surface area contributed by atoms with Gasteiger partial charge in [0.2, 0.25) is 0 Å². The molecule has 0 aromatic heterocycles. The minimum Gasteiger partial charge on any atom is -0.274 e. The highest BCUT2D eigenvalue weighted by Gasteiger charge is 2.07. The topological polar surface area (TPSA) is 9.23 Å². The predicted octanol–water partition coefficient (Wildman–Crippen LogP) is 4.32. The van der Waals surface area contributed by atoms with Gasteiger partial charge in [-0.3, -0.25) is 4.29 Å². The van der Waals surface area contributed by atoms with Crippen molar-refractivity contribution in [3.63, 3.8) is 0 Å². The second-order valence-corrected chi connectivity index (χ2v) is 3.57. The van der Waals surface area contributed by atoms with E-state index in [9.17, 15) is 0 Å². The van der Waals surface area contributed by atoms with Crippen molar-refractivity contribution in [1.82, 2.24) is 0 Å². The van der Waals surface area contributed by atoms with Crippen molar-refractivity contribution in [3.8, 4) is 0 Å². The second kappa shape index (κ2) is 4.54. The first-order chi connectivity index (χ1) is 5.65. The summed E-state index contributed by atoms with van der Waals surface area (Å²) in [6, 6.07) is 3.17. The third-order valence-corrected chi connectivity index (χ3v) is 2.31. The molecule has 0 aliphatic rings. The lowest BCUT2D eigenvalue weighted by Crippen LogP contribution is -1.87. The van der Waals surface area contributed by atoms with Crippen molar-refractivity contribution in [2.24, 2.45) is 0 Å². The van der Waals surface area contributed by atoms with Crippen molar-refractivity contribution < 1.29 is 4.29 Å². The standard InChI is InChI=1S/C7H4Cl4O/c8-4-1-6(9)5(3-12-11)7(10)2-4/h1-2H,3H2. The van der Waals surface area contributed by atoms with Crippen LogP contribution in [0.2, 0.25) is 15.1 Å². The highest BCUT2D eigenvalue weighted by Crippen LogP contribution is 2.29. The molecule has 0 saturated heterocycles. The van der Waals surface area contributed by atoms with Gasteiger partial charge in [-0.05, 0) is 12.1 Å². The molecule has 0 spiro atoms. The van der Waals surface area contributed by atoms with Gasteiger partial charge in [-0.25, -0.2) is 0 Å². The van der Waals surface area contributed by atoms with Crippen LogP contribution in [-0.2, 0) is 10.9 Å². The molecule has 0 unspecified atom stereocenters. The molecular formula is C7H4Cl4O. The van der Waals surface area contributed by atoms with Crippen LogP contribution in [0.25, 0.3) is 0 Å². The maximum absolute atomic E-state index is 5.81. The monoisotopic (exact) mass is 244 g/mol. The van der Waals surface area contributed by atoms with E-state index in [2.05, 4.69) is 4.29 Å². The molecule has 0 atom stereocenters. The SMILES string of the molecule is ClOCc1c(Cl)cc(Cl)cc1Cl. The first-order valence-electron chi connectivity index (χ1n) is 3.02. The van der Waals surface area contributed by atoms with Crippen LogP contribution in [0.4, 0.5) is 0 Å². The van der Waals surface area contributed by atoms with Crippen LogP contribution in [0.3, 0.4) is 0 Å². The predicted molar refractivity (Wildman–Crippen MR) is 52.1 cm³/mol. The van der Waals surface area contributed by atoms with Crippen molar-refractivity contribution in [2.75, 3.05) is 0 Å². The lowest BCUT2D eigenvalue weighted by atomic mass is 10.2. The molecule has 0 fully saturated rings. The molecule has 1 rings (SSSR count). The van der Waals surface area contributed by atoms with E-state index in [0.717, 1.165) is 0 Å². The molecule has 0 amide bonds. The van der Waals surface area contributed by atoms with Gasteiger partial charge in [0.25, 0.3) is 0 Å². The molecule has 0 aliphatic heterocycles. The van der Waals surface area contributed by atoms with Gasteiger partial charge >= 0.3 is 0 Å². The van der Waals surface area contributed by atoms with Crippen molar-refractivity contribution in [3.05, 3.63) is 32.8 Å². The minimum absolute atomic E-state index is 0.163. The van der Waals surface area contributed by atoms with E-state index in [0.29, 0.717) is 20.6 Å². The van der Waals surface area contributed by atoms with Crippen molar-refractivity contribution >= 4 is 46.7 Å². The summed E-state index contributed by atoms with van der Waals surface area (Å²) in [6.45, 7) is 0.163. The highest BCUT2D eigenvalue weighted by molar-refractivity contribution is 6.39. The van der Waals surface area contributed by atoms with E-state index >= 15 is 0 Å². The van der Waals surface area contributed by atoms with Crippen molar-refractivity contribution in [2.45, 2.75) is 6.61 Å². The summed E-state index contributed by atoms with van der Waals surface area (Å²) in [5, 5.41) is 1.39. The zero-order valence-electron chi connectivity index (χ0n) is 5.78. The van der Waals surface area contributed by atoms with E-state index < -0.39 is 0 Å². The summed E-state index contributed by atoms with van der Waals surface area (Å²) in [5.74, 6) is 0. The molecule has 0 heterocycles. The Labute approximate surface area is 90.3 Å². The first-order valence-corrected chi connectivity index (χ1v) is 4.46. The van der Waals surface area contributed by atoms with Crippen molar-refractivity contribution in [1.29, 1.82) is 0 Å². The second-order valence-electron chi connectivity index (χ2n) is 2.10. The summed E-state index contributed by atoms with van der Waals surface area (Å²) in [6.07, 6.45) is 0. The van der Waals surface area contributed by atoms with Crippen LogP contribution in [0.1, 0.15) is 5.56 Å². The average molecular weight is 246 g/mol. The normalized spacial score (nSPS) is 10.3. The van der Waals surface area contributed by atoms with E-state index in [4.69, 9.17) is 46.7 Å². The lowest BCUT2D eigenvalue weighted by molar-refractivity contribution is 0.341. The van der Waals surface area contributed by atoms with E-state index in [1.807, 2.05) is 0 Å². The quantitative estimate of drug-likeness (QED) is 0.754. The first kappa shape index (κ1) is 10.4. The Balaban J connectivity index is 3.10. The Kier molecular flexibility index (Phi) is 3.94. The van der Waals surface area contributed by atoms with Crippen LogP contribution in [0.5, 0.6) is 0 Å². The van der Waals surface area contributed by atoms with E-state index in [-0.39, 0.29) is 6.61 Å². The zero-order chi connectivity index (χ0) is 9.14. The van der Waals surface area contributed by atoms with E-state index in [1.54, 1.807) is 12.1 Å². The molecule has 66 valence electrons. The Morgan fingerprint density at radius 1 is 1.08 bits per heavy atom. The number of rotatable bonds is 2. The van der Waals surface area contributed by atoms with Gasteiger partial charge in [0.1, 0.15) is 0 Å². The van der Waals surface area contributed by atoms with Crippen LogP contribution in [0, 0.1) is 0 Å². The maximum Gasteiger partial charge on any atom is 0.0962 e. The van der Waals surface area contributed by atoms with Gasteiger partial charge in [-0.1, -0.05) is 34.8 Å². The summed E-state index contributed by atoms with van der Waals surface area (Å²) in [7, 11) is 0. The third kappa shape index (κ3) is 2.41. The summed E-state index contributed by atoms with van der Waals surface area (Å²) >= 11 is 22.4. The average Bonchev–Trinajstić information content (AvgIpc) is 1.96. The Morgan fingerprint density at radius 2 is 1.58 bits per heavy atom. The van der Waals surface area contributed by atoms with Gasteiger partial charge in [0, 0.05) is 20.6 Å². The number of hydrogen-bond acceptors (Lipinski definition) is 1. The van der Waals surface area contributed by atoms with Gasteiger partial charge in [0.05, 0.1) is 18.5 Å². The summed E-state index contributed by atoms with van der Waals surface area (Å²) in [4.78, 5) is 0. The molecule has 1 aromatic rings. The highest BCUT2D eigenvalue weighted by atomic mass is 35.5. The van der Waals surface area contributed by atoms with Gasteiger partial charge in [-0.2, -0.15) is 0 Å². The van der Waals surface area contributed by atoms with Crippen LogP contribution in [-0.4, -0.2) is 0 Å². The lowest BCUT2D eigenvalue weighted by Gasteiger charge is -2.04. The fourth-order valence-electron chi connectivity index (χ4n) is 0.765. The van der Waals surface area contributed by atoms with Gasteiger partial charge in [-0.15, -0.1) is 0 Å². The Bertz CT molecular complexity index is 264. The molecule has 5 heteroatoms. The Hall–Kier alpha value is 0.340.